The van der Waals surface area contributed by atoms with Crippen molar-refractivity contribution in [3.05, 3.63) is 48.6 Å². The fraction of sp³-hybridized carbons (Fsp3) is 0.429. The fourth-order valence-electron chi connectivity index (χ4n) is 1.55. The molecule has 0 fully saturated rings. The lowest BCUT2D eigenvalue weighted by molar-refractivity contribution is -0.114. The van der Waals surface area contributed by atoms with Gasteiger partial charge in [0.05, 0.1) is 26.4 Å². The first kappa shape index (κ1) is 17.1. The number of hydroxylamine groups is 1. The number of hydrogen-bond acceptors (Lipinski definition) is 4. The maximum atomic E-state index is 12.6. The number of nitrogens with zero attached hydrogens (tertiary/aromatic N) is 1. The highest BCUT2D eigenvalue weighted by atomic mass is 31.2. The van der Waals surface area contributed by atoms with E-state index in [0.29, 0.717) is 6.61 Å². The van der Waals surface area contributed by atoms with Crippen LogP contribution in [0, 0.1) is 0 Å². The van der Waals surface area contributed by atoms with Crippen molar-refractivity contribution < 1.29 is 18.5 Å². The third-order valence-corrected chi connectivity index (χ3v) is 4.36. The molecule has 112 valence electrons. The molecule has 20 heavy (non-hydrogen) atoms. The van der Waals surface area contributed by atoms with Crippen LogP contribution >= 0.6 is 7.75 Å². The monoisotopic (exact) mass is 299 g/mol. The molecule has 0 spiro atoms. The number of hydrogen-bond donors (Lipinski definition) is 0. The van der Waals surface area contributed by atoms with Gasteiger partial charge in [-0.15, -0.1) is 6.58 Å². The van der Waals surface area contributed by atoms with E-state index in [0.717, 1.165) is 5.56 Å². The van der Waals surface area contributed by atoms with Gasteiger partial charge in [-0.25, -0.2) is 4.57 Å². The smallest absolute Gasteiger partial charge is 0.296 e. The Labute approximate surface area is 120 Å². The molecule has 0 bridgehead atoms. The lowest BCUT2D eigenvalue weighted by atomic mass is 10.2. The van der Waals surface area contributed by atoms with E-state index in [1.54, 1.807) is 19.9 Å². The van der Waals surface area contributed by atoms with Crippen LogP contribution in [0.5, 0.6) is 0 Å². The molecule has 0 unspecified atom stereocenters. The van der Waals surface area contributed by atoms with Gasteiger partial charge in [-0.1, -0.05) is 41.2 Å². The molecule has 1 aromatic carbocycles. The van der Waals surface area contributed by atoms with Gasteiger partial charge in [0.2, 0.25) is 0 Å². The zero-order chi connectivity index (χ0) is 14.8. The second kappa shape index (κ2) is 9.06. The van der Waals surface area contributed by atoms with Crippen LogP contribution in [-0.2, 0) is 25.1 Å². The topological polar surface area (TPSA) is 48.0 Å². The van der Waals surface area contributed by atoms with E-state index in [-0.39, 0.29) is 19.8 Å². The first-order valence-electron chi connectivity index (χ1n) is 6.61. The Balaban J connectivity index is 2.75. The third-order valence-electron chi connectivity index (χ3n) is 2.37. The summed E-state index contributed by atoms with van der Waals surface area (Å²) in [5.41, 5.74) is 0.973. The van der Waals surface area contributed by atoms with Crippen molar-refractivity contribution in [1.82, 2.24) is 4.83 Å². The van der Waals surface area contributed by atoms with E-state index in [9.17, 15) is 4.57 Å². The van der Waals surface area contributed by atoms with Crippen molar-refractivity contribution in [2.45, 2.75) is 20.5 Å². The Hall–Kier alpha value is -0.970. The van der Waals surface area contributed by atoms with Crippen LogP contribution in [0.25, 0.3) is 0 Å². The van der Waals surface area contributed by atoms with E-state index in [4.69, 9.17) is 13.9 Å². The molecule has 0 aliphatic heterocycles. The van der Waals surface area contributed by atoms with E-state index >= 15 is 0 Å². The molecule has 0 saturated heterocycles. The molecule has 0 aromatic heterocycles. The molecule has 0 aliphatic carbocycles. The highest BCUT2D eigenvalue weighted by Crippen LogP contribution is 2.52. The summed E-state index contributed by atoms with van der Waals surface area (Å²) in [7, 11) is -3.44. The number of benzene rings is 1. The molecule has 0 atom stereocenters. The predicted octanol–water partition coefficient (Wildman–Crippen LogP) is 3.79. The van der Waals surface area contributed by atoms with Crippen molar-refractivity contribution in [3.63, 3.8) is 0 Å². The highest BCUT2D eigenvalue weighted by Gasteiger charge is 2.33. The maximum Gasteiger partial charge on any atom is 0.431 e. The summed E-state index contributed by atoms with van der Waals surface area (Å²) in [5, 5.41) is 0. The summed E-state index contributed by atoms with van der Waals surface area (Å²) >= 11 is 0. The molecular weight excluding hydrogens is 277 g/mol. The van der Waals surface area contributed by atoms with Gasteiger partial charge in [0.25, 0.3) is 0 Å². The van der Waals surface area contributed by atoms with Gasteiger partial charge in [-0.05, 0) is 19.4 Å². The normalized spacial score (nSPS) is 11.8. The average Bonchev–Trinajstić information content (AvgIpc) is 2.45. The van der Waals surface area contributed by atoms with E-state index in [1.165, 1.54) is 4.83 Å². The Morgan fingerprint density at radius 1 is 1.20 bits per heavy atom. The van der Waals surface area contributed by atoms with Crippen molar-refractivity contribution in [2.24, 2.45) is 0 Å². The molecule has 0 saturated carbocycles. The van der Waals surface area contributed by atoms with Gasteiger partial charge in [0.1, 0.15) is 0 Å². The second-order valence-corrected chi connectivity index (χ2v) is 5.79. The summed E-state index contributed by atoms with van der Waals surface area (Å²) in [5.74, 6) is 0. The van der Waals surface area contributed by atoms with E-state index < -0.39 is 7.75 Å². The molecule has 0 amide bonds. The maximum absolute atomic E-state index is 12.6. The van der Waals surface area contributed by atoms with E-state index in [1.807, 2.05) is 30.3 Å². The fourth-order valence-corrected chi connectivity index (χ4v) is 3.05. The summed E-state index contributed by atoms with van der Waals surface area (Å²) in [6, 6.07) is 9.62. The van der Waals surface area contributed by atoms with Crippen molar-refractivity contribution >= 4 is 7.75 Å². The lowest BCUT2D eigenvalue weighted by Gasteiger charge is -2.27. The Morgan fingerprint density at radius 3 is 2.30 bits per heavy atom. The summed E-state index contributed by atoms with van der Waals surface area (Å²) in [6.07, 6.45) is 1.59. The van der Waals surface area contributed by atoms with Crippen LogP contribution in [0.1, 0.15) is 19.4 Å². The van der Waals surface area contributed by atoms with Crippen LogP contribution in [0.4, 0.5) is 0 Å². The average molecular weight is 299 g/mol. The van der Waals surface area contributed by atoms with Gasteiger partial charge in [0.15, 0.2) is 0 Å². The molecule has 1 rings (SSSR count). The molecular formula is C14H22NO4P. The van der Waals surface area contributed by atoms with Crippen molar-refractivity contribution in [3.8, 4) is 0 Å². The highest BCUT2D eigenvalue weighted by molar-refractivity contribution is 7.51. The summed E-state index contributed by atoms with van der Waals surface area (Å²) in [4.78, 5) is 6.82. The molecule has 0 N–H and O–H groups in total. The molecule has 0 aliphatic rings. The molecule has 1 aromatic rings. The molecule has 6 heteroatoms. The number of rotatable bonds is 10. The summed E-state index contributed by atoms with van der Waals surface area (Å²) in [6.45, 7) is 8.25. The minimum atomic E-state index is -3.44. The Bertz CT molecular complexity index is 428. The van der Waals surface area contributed by atoms with Gasteiger partial charge < -0.3 is 0 Å². The van der Waals surface area contributed by atoms with Crippen LogP contribution in [-0.4, -0.2) is 24.6 Å². The van der Waals surface area contributed by atoms with Crippen LogP contribution < -0.4 is 0 Å². The van der Waals surface area contributed by atoms with Crippen LogP contribution in [0.3, 0.4) is 0 Å². The molecule has 0 heterocycles. The first-order valence-corrected chi connectivity index (χ1v) is 8.10. The van der Waals surface area contributed by atoms with Gasteiger partial charge in [0, 0.05) is 0 Å². The van der Waals surface area contributed by atoms with E-state index in [2.05, 4.69) is 6.58 Å². The van der Waals surface area contributed by atoms with Crippen LogP contribution in [0.2, 0.25) is 0 Å². The zero-order valence-corrected chi connectivity index (χ0v) is 12.9. The van der Waals surface area contributed by atoms with Crippen molar-refractivity contribution in [2.75, 3.05) is 19.8 Å². The summed E-state index contributed by atoms with van der Waals surface area (Å²) < 4.78 is 23.2. The zero-order valence-electron chi connectivity index (χ0n) is 12.0. The van der Waals surface area contributed by atoms with Crippen LogP contribution in [0.15, 0.2) is 43.0 Å². The molecule has 0 radical (unpaired) electrons. The quantitative estimate of drug-likeness (QED) is 0.374. The standard InChI is InChI=1S/C14H22NO4P/c1-4-12-15(20(16,18-5-2)19-6-3)17-13-14-10-8-7-9-11-14/h4,7-11H,1,5-6,12-13H2,2-3H3. The van der Waals surface area contributed by atoms with Gasteiger partial charge in [-0.3, -0.25) is 13.9 Å². The van der Waals surface area contributed by atoms with Gasteiger partial charge >= 0.3 is 7.75 Å². The Morgan fingerprint density at radius 2 is 1.80 bits per heavy atom. The lowest BCUT2D eigenvalue weighted by Crippen LogP contribution is -2.24. The third kappa shape index (κ3) is 5.19. The Kier molecular flexibility index (Phi) is 7.73. The largest absolute Gasteiger partial charge is 0.431 e. The van der Waals surface area contributed by atoms with Crippen molar-refractivity contribution in [1.29, 1.82) is 0 Å². The SMILES string of the molecule is C=CCN(OCc1ccccc1)P(=O)(OCC)OCC. The minimum absolute atomic E-state index is 0.254. The minimum Gasteiger partial charge on any atom is -0.296 e. The molecule has 5 nitrogen and oxygen atoms in total. The first-order chi connectivity index (χ1) is 9.66. The van der Waals surface area contributed by atoms with Gasteiger partial charge in [-0.2, -0.15) is 0 Å². The second-order valence-electron chi connectivity index (χ2n) is 3.89. The predicted molar refractivity (Wildman–Crippen MR) is 79.0 cm³/mol.